The first kappa shape index (κ1) is 15.2. The van der Waals surface area contributed by atoms with E-state index in [1.54, 1.807) is 22.4 Å². The van der Waals surface area contributed by atoms with Crippen molar-refractivity contribution in [2.45, 2.75) is 24.9 Å². The lowest BCUT2D eigenvalue weighted by molar-refractivity contribution is -0.0250. The van der Waals surface area contributed by atoms with Crippen LogP contribution in [0.1, 0.15) is 29.6 Å². The van der Waals surface area contributed by atoms with Crippen LogP contribution in [0.15, 0.2) is 23.7 Å². The smallest absolute Gasteiger partial charge is 0.257 e. The molecule has 0 spiro atoms. The zero-order chi connectivity index (χ0) is 15.6. The normalized spacial score (nSPS) is 22.5. The summed E-state index contributed by atoms with van der Waals surface area (Å²) in [5.74, 6) is -0.0839. The number of hydrogen-bond donors (Lipinski definition) is 3. The van der Waals surface area contributed by atoms with Gasteiger partial charge in [0.1, 0.15) is 0 Å². The summed E-state index contributed by atoms with van der Waals surface area (Å²) in [5.41, 5.74) is 0.223. The first-order chi connectivity index (χ1) is 10.6. The quantitative estimate of drug-likeness (QED) is 0.799. The lowest BCUT2D eigenvalue weighted by Crippen LogP contribution is -2.36. The number of aliphatic hydroxyl groups excluding tert-OH is 1. The molecule has 2 aromatic heterocycles. The maximum Gasteiger partial charge on any atom is 0.257 e. The first-order valence-corrected chi connectivity index (χ1v) is 8.21. The highest BCUT2D eigenvalue weighted by molar-refractivity contribution is 7.13. The van der Waals surface area contributed by atoms with Gasteiger partial charge in [-0.25, -0.2) is 0 Å². The van der Waals surface area contributed by atoms with E-state index in [-0.39, 0.29) is 12.5 Å². The fraction of sp³-hybridized carbons (Fsp3) is 0.467. The molecule has 3 N–H and O–H groups in total. The van der Waals surface area contributed by atoms with Crippen molar-refractivity contribution in [3.63, 3.8) is 0 Å². The number of aliphatic hydroxyl groups is 2. The van der Waals surface area contributed by atoms with Crippen LogP contribution in [0.4, 0.5) is 0 Å². The number of hydrogen-bond acceptors (Lipinski definition) is 5. The van der Waals surface area contributed by atoms with Gasteiger partial charge in [-0.15, -0.1) is 11.3 Å². The maximum atomic E-state index is 12.8. The molecule has 1 atom stereocenters. The molecule has 0 saturated carbocycles. The summed E-state index contributed by atoms with van der Waals surface area (Å²) < 4.78 is 0. The molecule has 1 saturated heterocycles. The van der Waals surface area contributed by atoms with E-state index < -0.39 is 5.60 Å². The van der Waals surface area contributed by atoms with Crippen LogP contribution in [-0.4, -0.2) is 56.5 Å². The van der Waals surface area contributed by atoms with Gasteiger partial charge in [-0.05, 0) is 30.7 Å². The Hall–Kier alpha value is -1.70. The molecule has 1 unspecified atom stereocenters. The van der Waals surface area contributed by atoms with Gasteiger partial charge in [0.05, 0.1) is 34.5 Å². The molecule has 0 radical (unpaired) electrons. The lowest BCUT2D eigenvalue weighted by Gasteiger charge is -2.24. The summed E-state index contributed by atoms with van der Waals surface area (Å²) in [7, 11) is 0. The number of aromatic nitrogens is 2. The van der Waals surface area contributed by atoms with Crippen molar-refractivity contribution in [3.05, 3.63) is 29.3 Å². The molecule has 0 bridgehead atoms. The van der Waals surface area contributed by atoms with Gasteiger partial charge in [0.2, 0.25) is 0 Å². The third-order valence-electron chi connectivity index (χ3n) is 4.14. The summed E-state index contributed by atoms with van der Waals surface area (Å²) in [6.45, 7) is 0.752. The van der Waals surface area contributed by atoms with Crippen LogP contribution < -0.4 is 0 Å². The fourth-order valence-corrected chi connectivity index (χ4v) is 3.50. The highest BCUT2D eigenvalue weighted by Gasteiger charge is 2.32. The first-order valence-electron chi connectivity index (χ1n) is 7.33. The molecule has 0 aliphatic carbocycles. The number of carbonyl (C=O) groups excluding carboxylic acids is 1. The SMILES string of the molecule is O=C(c1cn[nH]c1-c1cccs1)N1CCCC(O)(CO)CC1. The average molecular weight is 321 g/mol. The highest BCUT2D eigenvalue weighted by atomic mass is 32.1. The Morgan fingerprint density at radius 3 is 3.05 bits per heavy atom. The molecule has 6 nitrogen and oxygen atoms in total. The van der Waals surface area contributed by atoms with E-state index in [1.807, 2.05) is 17.5 Å². The van der Waals surface area contributed by atoms with Gasteiger partial charge in [0, 0.05) is 13.1 Å². The number of rotatable bonds is 3. The van der Waals surface area contributed by atoms with Crippen molar-refractivity contribution in [2.24, 2.45) is 0 Å². The zero-order valence-corrected chi connectivity index (χ0v) is 13.0. The monoisotopic (exact) mass is 321 g/mol. The largest absolute Gasteiger partial charge is 0.393 e. The molecule has 3 rings (SSSR count). The van der Waals surface area contributed by atoms with E-state index in [2.05, 4.69) is 10.2 Å². The number of aromatic amines is 1. The number of nitrogens with zero attached hydrogens (tertiary/aromatic N) is 2. The molecule has 7 heteroatoms. The van der Waals surface area contributed by atoms with Crippen LogP contribution in [0.2, 0.25) is 0 Å². The van der Waals surface area contributed by atoms with E-state index in [0.29, 0.717) is 37.9 Å². The number of amides is 1. The Morgan fingerprint density at radius 1 is 1.45 bits per heavy atom. The van der Waals surface area contributed by atoms with Crippen molar-refractivity contribution in [1.29, 1.82) is 0 Å². The Balaban J connectivity index is 1.79. The summed E-state index contributed by atoms with van der Waals surface area (Å²) in [5, 5.41) is 28.3. The summed E-state index contributed by atoms with van der Waals surface area (Å²) in [6.07, 6.45) is 3.13. The van der Waals surface area contributed by atoms with Crippen LogP contribution in [0.25, 0.3) is 10.6 Å². The van der Waals surface area contributed by atoms with Crippen molar-refractivity contribution in [1.82, 2.24) is 15.1 Å². The Morgan fingerprint density at radius 2 is 2.32 bits per heavy atom. The minimum absolute atomic E-state index is 0.0839. The van der Waals surface area contributed by atoms with Crippen LogP contribution >= 0.6 is 11.3 Å². The Labute approximate surface area is 132 Å². The van der Waals surface area contributed by atoms with Crippen LogP contribution in [0.3, 0.4) is 0 Å². The molecule has 1 amide bonds. The topological polar surface area (TPSA) is 89.5 Å². The molecule has 3 heterocycles. The van der Waals surface area contributed by atoms with Crippen molar-refractivity contribution >= 4 is 17.2 Å². The van der Waals surface area contributed by atoms with Crippen LogP contribution in [0, 0.1) is 0 Å². The van der Waals surface area contributed by atoms with Crippen molar-refractivity contribution < 1.29 is 15.0 Å². The maximum absolute atomic E-state index is 12.8. The van der Waals surface area contributed by atoms with Gasteiger partial charge in [-0.3, -0.25) is 9.89 Å². The summed E-state index contributed by atoms with van der Waals surface area (Å²) >= 11 is 1.55. The van der Waals surface area contributed by atoms with Crippen molar-refractivity contribution in [2.75, 3.05) is 19.7 Å². The van der Waals surface area contributed by atoms with Gasteiger partial charge in [-0.1, -0.05) is 6.07 Å². The number of carbonyl (C=O) groups is 1. The van der Waals surface area contributed by atoms with E-state index in [4.69, 9.17) is 0 Å². The van der Waals surface area contributed by atoms with Gasteiger partial charge >= 0.3 is 0 Å². The predicted molar refractivity (Wildman–Crippen MR) is 83.7 cm³/mol. The van der Waals surface area contributed by atoms with Crippen molar-refractivity contribution in [3.8, 4) is 10.6 Å². The second-order valence-corrected chi connectivity index (χ2v) is 6.61. The standard InChI is InChI=1S/C15H19N3O3S/c19-10-15(21)4-2-6-18(7-5-15)14(20)11-9-16-17-13(11)12-3-1-8-22-12/h1,3,8-9,19,21H,2,4-7,10H2,(H,16,17). The Kier molecular flexibility index (Phi) is 4.28. The number of thiophene rings is 1. The second kappa shape index (κ2) is 6.20. The van der Waals surface area contributed by atoms with E-state index in [1.165, 1.54) is 0 Å². The lowest BCUT2D eigenvalue weighted by atomic mass is 9.96. The fourth-order valence-electron chi connectivity index (χ4n) is 2.77. The molecule has 2 aromatic rings. The number of nitrogens with one attached hydrogen (secondary N) is 1. The molecule has 118 valence electrons. The zero-order valence-electron chi connectivity index (χ0n) is 12.2. The Bertz CT molecular complexity index is 640. The summed E-state index contributed by atoms with van der Waals surface area (Å²) in [6, 6.07) is 3.88. The van der Waals surface area contributed by atoms with E-state index in [9.17, 15) is 15.0 Å². The van der Waals surface area contributed by atoms with E-state index >= 15 is 0 Å². The average Bonchev–Trinajstić information content (AvgIpc) is 3.16. The third kappa shape index (κ3) is 2.92. The van der Waals surface area contributed by atoms with Gasteiger partial charge in [-0.2, -0.15) is 5.10 Å². The minimum atomic E-state index is -1.07. The molecule has 22 heavy (non-hydrogen) atoms. The molecule has 0 aromatic carbocycles. The molecular formula is C15H19N3O3S. The number of H-pyrrole nitrogens is 1. The molecular weight excluding hydrogens is 302 g/mol. The minimum Gasteiger partial charge on any atom is -0.393 e. The van der Waals surface area contributed by atoms with Gasteiger partial charge in [0.15, 0.2) is 0 Å². The molecule has 1 fully saturated rings. The highest BCUT2D eigenvalue weighted by Crippen LogP contribution is 2.28. The van der Waals surface area contributed by atoms with E-state index in [0.717, 1.165) is 10.6 Å². The van der Waals surface area contributed by atoms with Crippen LogP contribution in [0.5, 0.6) is 0 Å². The molecule has 1 aliphatic heterocycles. The third-order valence-corrected chi connectivity index (χ3v) is 5.02. The van der Waals surface area contributed by atoms with Crippen LogP contribution in [-0.2, 0) is 0 Å². The van der Waals surface area contributed by atoms with Gasteiger partial charge in [0.25, 0.3) is 5.91 Å². The number of likely N-dealkylation sites (tertiary alicyclic amines) is 1. The molecule has 1 aliphatic rings. The predicted octanol–water partition coefficient (Wildman–Crippen LogP) is 1.49. The second-order valence-electron chi connectivity index (χ2n) is 5.66. The summed E-state index contributed by atoms with van der Waals surface area (Å²) in [4.78, 5) is 15.5. The van der Waals surface area contributed by atoms with Gasteiger partial charge < -0.3 is 15.1 Å².